The molecule has 0 unspecified atom stereocenters. The molecule has 3 aromatic rings. The number of rotatable bonds is 5. The maximum atomic E-state index is 12.6. The van der Waals surface area contributed by atoms with Gasteiger partial charge in [0.25, 0.3) is 0 Å². The number of aromatic nitrogens is 3. The Balaban J connectivity index is -0.000000434. The number of imidazole rings is 1. The van der Waals surface area contributed by atoms with Gasteiger partial charge in [0.1, 0.15) is 11.5 Å². The van der Waals surface area contributed by atoms with Crippen molar-refractivity contribution in [2.24, 2.45) is 0 Å². The number of carboxylic acids is 1. The maximum Gasteiger partial charge on any atom is 2.00 e. The summed E-state index contributed by atoms with van der Waals surface area (Å²) >= 11 is 0. The Labute approximate surface area is 209 Å². The predicted molar refractivity (Wildman–Crippen MR) is 123 cm³/mol. The van der Waals surface area contributed by atoms with Crippen LogP contribution in [0.15, 0.2) is 29.6 Å². The Morgan fingerprint density at radius 3 is 2.21 bits per heavy atom. The molecule has 0 amide bonds. The topological polar surface area (TPSA) is 242 Å². The summed E-state index contributed by atoms with van der Waals surface area (Å²) in [6.45, 7) is 4.82. The molecule has 0 saturated heterocycles. The SMILES string of the molecule is CC(=O)[O-].COc1ccc2[n-]c([S@@](=O)Cc3ncc(C)c(OC)c3C)nc2c1.O.O.O.O.[Mg+2]. The first kappa shape index (κ1) is 38.0. The number of methoxy groups -OCH3 is 2. The van der Waals surface area contributed by atoms with Gasteiger partial charge in [-0.25, -0.2) is 0 Å². The molecular weight excluding hydrogens is 471 g/mol. The molecule has 0 aliphatic heterocycles. The number of aryl methyl sites for hydroxylation is 1. The second kappa shape index (κ2) is 17.2. The summed E-state index contributed by atoms with van der Waals surface area (Å²) < 4.78 is 23.2. The van der Waals surface area contributed by atoms with E-state index in [1.54, 1.807) is 38.6 Å². The summed E-state index contributed by atoms with van der Waals surface area (Å²) in [5.41, 5.74) is 3.94. The number of benzene rings is 1. The van der Waals surface area contributed by atoms with Crippen LogP contribution in [0.5, 0.6) is 11.5 Å². The van der Waals surface area contributed by atoms with E-state index in [-0.39, 0.29) is 50.7 Å². The van der Waals surface area contributed by atoms with Crippen LogP contribution in [0.3, 0.4) is 0 Å². The monoisotopic (exact) mass is 499 g/mol. The molecule has 0 fully saturated rings. The predicted octanol–water partition coefficient (Wildman–Crippen LogP) is -2.39. The van der Waals surface area contributed by atoms with Gasteiger partial charge in [-0.15, -0.1) is 0 Å². The van der Waals surface area contributed by atoms with Gasteiger partial charge in [0.05, 0.1) is 36.5 Å². The number of hydrogen-bond acceptors (Lipinski definition) is 7. The summed E-state index contributed by atoms with van der Waals surface area (Å²) in [5, 5.41) is 9.19. The normalized spacial score (nSPS) is 9.73. The Morgan fingerprint density at radius 2 is 1.70 bits per heavy atom. The fourth-order valence-electron chi connectivity index (χ4n) is 2.55. The fraction of sp³-hybridized carbons (Fsp3) is 0.316. The van der Waals surface area contributed by atoms with Crippen LogP contribution >= 0.6 is 0 Å². The average molecular weight is 500 g/mol. The molecule has 182 valence electrons. The standard InChI is InChI=1S/C17H18N3O3S.C2H4O2.Mg.4H2O/c1-10-8-18-15(11(2)16(10)23-4)9-24(21)17-19-13-6-5-12(22-3)7-14(13)20-17;1-2(3)4;;;;;/h5-8H,9H2,1-4H3;1H3,(H,3,4);;4*1H2/q-1;;+2;;;;/p-1/t24-;;;;;;/m0....../s1. The van der Waals surface area contributed by atoms with Gasteiger partial charge < -0.3 is 51.2 Å². The quantitative estimate of drug-likeness (QED) is 0.341. The Kier molecular flexibility index (Phi) is 19.8. The van der Waals surface area contributed by atoms with E-state index in [9.17, 15) is 4.21 Å². The molecule has 1 atom stereocenters. The van der Waals surface area contributed by atoms with E-state index in [0.717, 1.165) is 29.5 Å². The minimum atomic E-state index is -1.38. The second-order valence-corrected chi connectivity index (χ2v) is 7.23. The molecule has 1 aromatic carbocycles. The first-order valence-corrected chi connectivity index (χ1v) is 9.62. The van der Waals surface area contributed by atoms with Gasteiger partial charge in [0, 0.05) is 28.4 Å². The number of carbonyl (C=O) groups is 1. The van der Waals surface area contributed by atoms with Crippen LogP contribution in [0.4, 0.5) is 0 Å². The van der Waals surface area contributed by atoms with Crippen molar-refractivity contribution in [1.29, 1.82) is 0 Å². The van der Waals surface area contributed by atoms with Gasteiger partial charge in [-0.2, -0.15) is 0 Å². The average Bonchev–Trinajstić information content (AvgIpc) is 3.07. The largest absolute Gasteiger partial charge is 2.00 e. The van der Waals surface area contributed by atoms with Gasteiger partial charge in [-0.1, -0.05) is 6.07 Å². The van der Waals surface area contributed by atoms with E-state index in [0.29, 0.717) is 21.9 Å². The van der Waals surface area contributed by atoms with E-state index in [1.165, 1.54) is 0 Å². The first-order chi connectivity index (χ1) is 13.3. The summed E-state index contributed by atoms with van der Waals surface area (Å²) in [6.07, 6.45) is 1.73. The smallest absolute Gasteiger partial charge is 0.550 e. The molecule has 8 N–H and O–H groups in total. The van der Waals surface area contributed by atoms with Crippen LogP contribution in [0, 0.1) is 13.8 Å². The molecule has 14 heteroatoms. The van der Waals surface area contributed by atoms with Gasteiger partial charge in [0.15, 0.2) is 0 Å². The zero-order valence-corrected chi connectivity index (χ0v) is 21.2. The van der Waals surface area contributed by atoms with Crippen molar-refractivity contribution in [3.05, 3.63) is 41.2 Å². The van der Waals surface area contributed by atoms with E-state index < -0.39 is 16.8 Å². The molecule has 0 aliphatic rings. The number of carboxylic acid groups (broad SMARTS) is 1. The zero-order valence-electron chi connectivity index (χ0n) is 19.0. The summed E-state index contributed by atoms with van der Waals surface area (Å²) in [4.78, 5) is 22.0. The van der Waals surface area contributed by atoms with Crippen molar-refractivity contribution in [2.45, 2.75) is 31.7 Å². The van der Waals surface area contributed by atoms with Crippen LogP contribution in [0.1, 0.15) is 23.7 Å². The van der Waals surface area contributed by atoms with Crippen molar-refractivity contribution in [1.82, 2.24) is 15.0 Å². The minimum Gasteiger partial charge on any atom is -0.550 e. The van der Waals surface area contributed by atoms with Crippen molar-refractivity contribution in [3.8, 4) is 11.5 Å². The van der Waals surface area contributed by atoms with Crippen molar-refractivity contribution < 1.29 is 45.5 Å². The first-order valence-electron chi connectivity index (χ1n) is 8.30. The van der Waals surface area contributed by atoms with Crippen molar-refractivity contribution in [3.63, 3.8) is 0 Å². The van der Waals surface area contributed by atoms with Crippen molar-refractivity contribution in [2.75, 3.05) is 14.2 Å². The molecule has 0 radical (unpaired) electrons. The van der Waals surface area contributed by atoms with Crippen LogP contribution < -0.4 is 19.6 Å². The summed E-state index contributed by atoms with van der Waals surface area (Å²) in [7, 11) is 1.83. The number of ether oxygens (including phenoxy) is 2. The molecule has 0 aliphatic carbocycles. The molecule has 0 saturated carbocycles. The minimum absolute atomic E-state index is 0. The number of carbonyl (C=O) groups excluding carboxylic acids is 1. The number of fused-ring (bicyclic) bond motifs is 1. The molecule has 0 spiro atoms. The van der Waals surface area contributed by atoms with Gasteiger partial charge in [-0.05, 0) is 43.9 Å². The van der Waals surface area contributed by atoms with Crippen LogP contribution in [0.25, 0.3) is 11.0 Å². The second-order valence-electron chi connectivity index (χ2n) is 5.89. The molecule has 33 heavy (non-hydrogen) atoms. The molecule has 12 nitrogen and oxygen atoms in total. The number of hydrogen-bond donors (Lipinski definition) is 0. The van der Waals surface area contributed by atoms with Crippen molar-refractivity contribution >= 4 is 50.9 Å². The summed E-state index contributed by atoms with van der Waals surface area (Å²) in [6, 6.07) is 5.39. The van der Waals surface area contributed by atoms with Crippen LogP contribution in [-0.4, -0.2) is 79.3 Å². The van der Waals surface area contributed by atoms with E-state index >= 15 is 0 Å². The van der Waals surface area contributed by atoms with Gasteiger partial charge in [0.2, 0.25) is 0 Å². The molecule has 0 bridgehead atoms. The zero-order chi connectivity index (χ0) is 20.8. The molecule has 3 rings (SSSR count). The summed E-state index contributed by atoms with van der Waals surface area (Å²) in [5.74, 6) is 0.631. The Hall–Kier alpha value is -2.33. The molecule has 2 aromatic heterocycles. The van der Waals surface area contributed by atoms with E-state index in [4.69, 9.17) is 19.4 Å². The Bertz CT molecular complexity index is 1030. The Morgan fingerprint density at radius 1 is 1.12 bits per heavy atom. The third-order valence-corrected chi connectivity index (χ3v) is 4.96. The van der Waals surface area contributed by atoms with E-state index in [1.807, 2.05) is 13.8 Å². The van der Waals surface area contributed by atoms with Crippen LogP contribution in [-0.2, 0) is 21.3 Å². The van der Waals surface area contributed by atoms with Gasteiger partial charge >= 0.3 is 23.1 Å². The number of aliphatic carboxylic acids is 1. The van der Waals surface area contributed by atoms with Crippen LogP contribution in [0.2, 0.25) is 0 Å². The maximum absolute atomic E-state index is 12.6. The van der Waals surface area contributed by atoms with E-state index in [2.05, 4.69) is 15.0 Å². The number of nitrogens with zero attached hydrogens (tertiary/aromatic N) is 3. The molecular formula is C19H29MgN3O9S. The third kappa shape index (κ3) is 9.99. The third-order valence-electron chi connectivity index (χ3n) is 3.84. The molecule has 2 heterocycles. The van der Waals surface area contributed by atoms with Gasteiger partial charge in [-0.3, -0.25) is 9.19 Å². The number of pyridine rings is 1. The fourth-order valence-corrected chi connectivity index (χ4v) is 3.62.